The Morgan fingerprint density at radius 3 is 0.735 bits per heavy atom. The molecule has 1 unspecified atom stereocenters. The van der Waals surface area contributed by atoms with Crippen molar-refractivity contribution in [2.24, 2.45) is 0 Å². The molecule has 466 valence electrons. The summed E-state index contributed by atoms with van der Waals surface area (Å²) in [6, 6.07) is 0. The number of unbranched alkanes of at least 4 members (excludes halogenated alkanes) is 20. The summed E-state index contributed by atoms with van der Waals surface area (Å²) in [7, 11) is 0. The summed E-state index contributed by atoms with van der Waals surface area (Å²) >= 11 is 0. The second-order valence-electron chi connectivity index (χ2n) is 21.6. The van der Waals surface area contributed by atoms with Crippen LogP contribution in [0, 0.1) is 0 Å². The Labute approximate surface area is 511 Å². The van der Waals surface area contributed by atoms with Crippen molar-refractivity contribution in [3.63, 3.8) is 0 Å². The van der Waals surface area contributed by atoms with Gasteiger partial charge < -0.3 is 14.2 Å². The number of rotatable bonds is 59. The second-order valence-corrected chi connectivity index (χ2v) is 21.6. The van der Waals surface area contributed by atoms with Crippen LogP contribution in [0.4, 0.5) is 0 Å². The fraction of sp³-hybridized carbons (Fsp3) is 0.597. The van der Waals surface area contributed by atoms with Gasteiger partial charge in [0.1, 0.15) is 13.2 Å². The Morgan fingerprint density at radius 2 is 0.470 bits per heavy atom. The summed E-state index contributed by atoms with van der Waals surface area (Å²) in [6.45, 7) is 6.34. The number of carbonyl (C=O) groups is 3. The molecule has 0 aromatic carbocycles. The lowest BCUT2D eigenvalue weighted by Crippen LogP contribution is -2.30. The Kier molecular flexibility index (Phi) is 64.9. The lowest BCUT2D eigenvalue weighted by molar-refractivity contribution is -0.167. The number of carbonyl (C=O) groups excluding carboxylic acids is 3. The van der Waals surface area contributed by atoms with Gasteiger partial charge >= 0.3 is 17.9 Å². The molecule has 0 saturated carbocycles. The largest absolute Gasteiger partial charge is 0.462 e. The minimum atomic E-state index is -0.797. The van der Waals surface area contributed by atoms with Crippen LogP contribution in [0.1, 0.15) is 278 Å². The third-order valence-corrected chi connectivity index (χ3v) is 13.7. The van der Waals surface area contributed by atoms with Crippen LogP contribution in [-0.2, 0) is 28.6 Å². The highest BCUT2D eigenvalue weighted by Crippen LogP contribution is 2.15. The molecule has 0 fully saturated rings. The van der Waals surface area contributed by atoms with Gasteiger partial charge in [0.15, 0.2) is 6.10 Å². The van der Waals surface area contributed by atoms with E-state index in [1.807, 2.05) is 0 Å². The summed E-state index contributed by atoms with van der Waals surface area (Å²) in [5, 5.41) is 0. The van der Waals surface area contributed by atoms with Crippen LogP contribution in [0.15, 0.2) is 170 Å². The molecule has 1 atom stereocenters. The van der Waals surface area contributed by atoms with E-state index in [4.69, 9.17) is 14.2 Å². The van der Waals surface area contributed by atoms with Crippen LogP contribution in [-0.4, -0.2) is 37.2 Å². The molecule has 0 aliphatic rings. The molecule has 6 heteroatoms. The van der Waals surface area contributed by atoms with Crippen molar-refractivity contribution in [3.05, 3.63) is 170 Å². The first kappa shape index (κ1) is 77.8. The lowest BCUT2D eigenvalue weighted by atomic mass is 10.0. The van der Waals surface area contributed by atoms with Crippen molar-refractivity contribution in [2.45, 2.75) is 284 Å². The maximum Gasteiger partial charge on any atom is 0.306 e. The monoisotopic (exact) mass is 1140 g/mol. The molecule has 0 amide bonds. The summed E-state index contributed by atoms with van der Waals surface area (Å²) in [5.74, 6) is -0.933. The van der Waals surface area contributed by atoms with Crippen LogP contribution >= 0.6 is 0 Å². The normalized spacial score (nSPS) is 13.2. The van der Waals surface area contributed by atoms with Crippen molar-refractivity contribution in [1.82, 2.24) is 0 Å². The van der Waals surface area contributed by atoms with Gasteiger partial charge in [-0.25, -0.2) is 0 Å². The fourth-order valence-electron chi connectivity index (χ4n) is 8.76. The van der Waals surface area contributed by atoms with Gasteiger partial charge in [0.2, 0.25) is 0 Å². The first-order chi connectivity index (χ1) is 41.0. The molecule has 83 heavy (non-hydrogen) atoms. The standard InChI is InChI=1S/C77H122O6/c1-4-7-10-13-16-18-20-22-24-26-28-30-32-33-34-35-36-37-38-39-40-41-42-43-45-46-48-50-52-54-56-58-61-64-67-70-76(79)82-73-74(72-81-75(78)69-66-63-60-15-12-9-6-3)83-77(80)71-68-65-62-59-57-55-53-51-49-47-44-31-29-27-25-23-21-19-17-14-11-8-5-2/h7-8,10-11,16-19,22-25,28-31,33-34,36-37,39-40,42-43,46,48,52,54,74H,4-6,9,12-15,20-21,26-27,32,35,38,41,44-45,47,49-51,53,55-73H2,1-3H3/b10-7-,11-8-,18-16-,19-17-,24-22-,25-23-,30-28-,31-29-,34-33-,37-36-,40-39-,43-42-,48-46-,54-52-. The molecule has 0 aliphatic heterocycles. The van der Waals surface area contributed by atoms with E-state index in [9.17, 15) is 14.4 Å². The van der Waals surface area contributed by atoms with Crippen molar-refractivity contribution in [1.29, 1.82) is 0 Å². The third-order valence-electron chi connectivity index (χ3n) is 13.7. The maximum atomic E-state index is 12.9. The minimum absolute atomic E-state index is 0.0930. The molecule has 6 nitrogen and oxygen atoms in total. The van der Waals surface area contributed by atoms with E-state index in [1.54, 1.807) is 0 Å². The number of hydrogen-bond donors (Lipinski definition) is 0. The zero-order valence-corrected chi connectivity index (χ0v) is 53.4. The molecule has 0 heterocycles. The SMILES string of the molecule is CC/C=C\C/C=C\C/C=C\C/C=C\C/C=C\C/C=C\C/C=C\C/C=C\C/C=C\C/C=C\CCCCCCC(=O)OCC(COC(=O)CCCCCCCCC)OC(=O)CCCCCCCCCCCC/C=C\C/C=C\C/C=C\C/C=C\CC. The van der Waals surface area contributed by atoms with E-state index >= 15 is 0 Å². The maximum absolute atomic E-state index is 12.9. The molecule has 0 saturated heterocycles. The molecule has 0 rings (SSSR count). The van der Waals surface area contributed by atoms with Gasteiger partial charge in [-0.05, 0) is 135 Å². The highest BCUT2D eigenvalue weighted by Gasteiger charge is 2.19. The Morgan fingerprint density at radius 1 is 0.253 bits per heavy atom. The summed E-state index contributed by atoms with van der Waals surface area (Å²) in [4.78, 5) is 38.1. The number of hydrogen-bond acceptors (Lipinski definition) is 6. The van der Waals surface area contributed by atoms with Gasteiger partial charge in [0.25, 0.3) is 0 Å². The number of ether oxygens (including phenoxy) is 3. The Bertz CT molecular complexity index is 1890. The predicted molar refractivity (Wildman–Crippen MR) is 361 cm³/mol. The number of allylic oxidation sites excluding steroid dienone is 28. The molecule has 0 bridgehead atoms. The number of esters is 3. The summed E-state index contributed by atoms with van der Waals surface area (Å²) in [6.07, 6.45) is 102. The third kappa shape index (κ3) is 67.4. The molecular weight excluding hydrogens is 1020 g/mol. The lowest BCUT2D eigenvalue weighted by Gasteiger charge is -2.18. The van der Waals surface area contributed by atoms with Crippen LogP contribution in [0.2, 0.25) is 0 Å². The van der Waals surface area contributed by atoms with Crippen molar-refractivity contribution >= 4 is 17.9 Å². The van der Waals surface area contributed by atoms with Crippen LogP contribution in [0.25, 0.3) is 0 Å². The molecule has 0 spiro atoms. The van der Waals surface area contributed by atoms with Gasteiger partial charge in [-0.2, -0.15) is 0 Å². The smallest absolute Gasteiger partial charge is 0.306 e. The molecular formula is C77H122O6. The average molecular weight is 1140 g/mol. The first-order valence-corrected chi connectivity index (χ1v) is 33.6. The van der Waals surface area contributed by atoms with Crippen molar-refractivity contribution in [2.75, 3.05) is 13.2 Å². The van der Waals surface area contributed by atoms with E-state index < -0.39 is 6.10 Å². The van der Waals surface area contributed by atoms with E-state index in [-0.39, 0.29) is 31.1 Å². The van der Waals surface area contributed by atoms with Gasteiger partial charge in [-0.1, -0.05) is 294 Å². The van der Waals surface area contributed by atoms with Crippen LogP contribution in [0.5, 0.6) is 0 Å². The van der Waals surface area contributed by atoms with Crippen molar-refractivity contribution < 1.29 is 28.6 Å². The Hall–Kier alpha value is -5.23. The zero-order valence-electron chi connectivity index (χ0n) is 53.4. The highest BCUT2D eigenvalue weighted by molar-refractivity contribution is 5.71. The van der Waals surface area contributed by atoms with Gasteiger partial charge in [-0.3, -0.25) is 14.4 Å². The van der Waals surface area contributed by atoms with E-state index in [2.05, 4.69) is 191 Å². The minimum Gasteiger partial charge on any atom is -0.462 e. The fourth-order valence-corrected chi connectivity index (χ4v) is 8.76. The highest BCUT2D eigenvalue weighted by atomic mass is 16.6. The quantitative estimate of drug-likeness (QED) is 0.0261. The predicted octanol–water partition coefficient (Wildman–Crippen LogP) is 23.4. The topological polar surface area (TPSA) is 78.9 Å². The van der Waals surface area contributed by atoms with E-state index in [1.165, 1.54) is 77.0 Å². The molecule has 0 radical (unpaired) electrons. The van der Waals surface area contributed by atoms with Crippen LogP contribution in [0.3, 0.4) is 0 Å². The van der Waals surface area contributed by atoms with E-state index in [0.29, 0.717) is 19.3 Å². The summed E-state index contributed by atoms with van der Waals surface area (Å²) < 4.78 is 16.8. The van der Waals surface area contributed by atoms with Gasteiger partial charge in [0, 0.05) is 19.3 Å². The van der Waals surface area contributed by atoms with Gasteiger partial charge in [0.05, 0.1) is 0 Å². The molecule has 0 N–H and O–H groups in total. The Balaban J connectivity index is 4.22. The van der Waals surface area contributed by atoms with E-state index in [0.717, 1.165) is 161 Å². The molecule has 0 aromatic rings. The second kappa shape index (κ2) is 69.3. The van der Waals surface area contributed by atoms with Crippen molar-refractivity contribution in [3.8, 4) is 0 Å². The molecule has 0 aromatic heterocycles. The average Bonchev–Trinajstić information content (AvgIpc) is 3.49. The summed E-state index contributed by atoms with van der Waals surface area (Å²) in [5.41, 5.74) is 0. The zero-order chi connectivity index (χ0) is 59.9. The van der Waals surface area contributed by atoms with Crippen LogP contribution < -0.4 is 0 Å². The van der Waals surface area contributed by atoms with Gasteiger partial charge in [-0.15, -0.1) is 0 Å². The first-order valence-electron chi connectivity index (χ1n) is 33.6. The molecule has 0 aliphatic carbocycles.